The van der Waals surface area contributed by atoms with E-state index in [1.54, 1.807) is 20.8 Å². The van der Waals surface area contributed by atoms with Gasteiger partial charge in [-0.15, -0.1) is 0 Å². The van der Waals surface area contributed by atoms with Gasteiger partial charge in [-0.1, -0.05) is 60.7 Å². The van der Waals surface area contributed by atoms with E-state index in [-0.39, 0.29) is 17.9 Å². The molecule has 0 aliphatic heterocycles. The lowest BCUT2D eigenvalue weighted by atomic mass is 10.00. The van der Waals surface area contributed by atoms with Gasteiger partial charge in [-0.3, -0.25) is 14.9 Å². The van der Waals surface area contributed by atoms with Crippen molar-refractivity contribution in [2.45, 2.75) is 51.5 Å². The zero-order chi connectivity index (χ0) is 26.1. The molecule has 8 heteroatoms. The quantitative estimate of drug-likeness (QED) is 0.247. The third-order valence-corrected chi connectivity index (χ3v) is 5.23. The molecule has 0 saturated heterocycles. The maximum Gasteiger partial charge on any atom is 0.337 e. The molecule has 0 radical (unpaired) electrons. The normalized spacial score (nSPS) is 12.9. The Morgan fingerprint density at radius 3 is 1.97 bits per heavy atom. The van der Waals surface area contributed by atoms with Crippen molar-refractivity contribution in [2.24, 2.45) is 0 Å². The van der Waals surface area contributed by atoms with E-state index in [0.29, 0.717) is 6.42 Å². The molecule has 0 spiro atoms. The molecule has 0 aliphatic rings. The number of ether oxygens (including phenoxy) is 2. The van der Waals surface area contributed by atoms with Crippen molar-refractivity contribution in [3.05, 3.63) is 112 Å². The number of esters is 1. The summed E-state index contributed by atoms with van der Waals surface area (Å²) >= 11 is 0. The molecule has 0 heterocycles. The zero-order valence-corrected chi connectivity index (χ0v) is 20.5. The molecule has 0 aromatic heterocycles. The second-order valence-electron chi connectivity index (χ2n) is 9.32. The SMILES string of the molecule is CC(C)(C)OC(=O)C(OCc1ccccc1)C(Cc1ccccc1)NC(=O)c1ccc([N+](=O)[O-])cc1. The van der Waals surface area contributed by atoms with Gasteiger partial charge in [0.05, 0.1) is 17.6 Å². The van der Waals surface area contributed by atoms with Crippen LogP contribution in [-0.2, 0) is 27.3 Å². The highest BCUT2D eigenvalue weighted by Gasteiger charge is 2.35. The van der Waals surface area contributed by atoms with Gasteiger partial charge in [-0.2, -0.15) is 0 Å². The lowest BCUT2D eigenvalue weighted by molar-refractivity contribution is -0.384. The van der Waals surface area contributed by atoms with Crippen LogP contribution in [0.2, 0.25) is 0 Å². The standard InChI is InChI=1S/C28H30N2O6/c1-28(2,3)36-27(32)25(35-19-21-12-8-5-9-13-21)24(18-20-10-6-4-7-11-20)29-26(31)22-14-16-23(17-15-22)30(33)34/h4-17,24-25H,18-19H2,1-3H3,(H,29,31). The molecule has 2 atom stereocenters. The van der Waals surface area contributed by atoms with Crippen LogP contribution in [0.1, 0.15) is 42.3 Å². The van der Waals surface area contributed by atoms with E-state index in [2.05, 4.69) is 5.32 Å². The number of carbonyl (C=O) groups excluding carboxylic acids is 2. The Labute approximate surface area is 210 Å². The summed E-state index contributed by atoms with van der Waals surface area (Å²) in [5.41, 5.74) is 1.11. The van der Waals surface area contributed by atoms with Gasteiger partial charge in [0, 0.05) is 17.7 Å². The van der Waals surface area contributed by atoms with E-state index in [1.165, 1.54) is 24.3 Å². The first-order chi connectivity index (χ1) is 17.1. The predicted molar refractivity (Wildman–Crippen MR) is 135 cm³/mol. The summed E-state index contributed by atoms with van der Waals surface area (Å²) < 4.78 is 11.7. The fourth-order valence-electron chi connectivity index (χ4n) is 3.56. The van der Waals surface area contributed by atoms with Gasteiger partial charge in [0.1, 0.15) is 5.60 Å². The predicted octanol–water partition coefficient (Wildman–Crippen LogP) is 4.86. The van der Waals surface area contributed by atoms with Crippen LogP contribution in [0.5, 0.6) is 0 Å². The maximum atomic E-state index is 13.3. The van der Waals surface area contributed by atoms with Gasteiger partial charge in [0.25, 0.3) is 11.6 Å². The molecule has 8 nitrogen and oxygen atoms in total. The Balaban J connectivity index is 1.90. The van der Waals surface area contributed by atoms with Crippen molar-refractivity contribution in [2.75, 3.05) is 0 Å². The average molecular weight is 491 g/mol. The van der Waals surface area contributed by atoms with Crippen LogP contribution in [0.4, 0.5) is 5.69 Å². The molecule has 188 valence electrons. The monoisotopic (exact) mass is 490 g/mol. The molecule has 0 saturated carbocycles. The second-order valence-corrected chi connectivity index (χ2v) is 9.32. The minimum Gasteiger partial charge on any atom is -0.458 e. The van der Waals surface area contributed by atoms with E-state index in [0.717, 1.165) is 11.1 Å². The van der Waals surface area contributed by atoms with E-state index >= 15 is 0 Å². The Bertz CT molecular complexity index is 1160. The van der Waals surface area contributed by atoms with Gasteiger partial charge in [0.2, 0.25) is 0 Å². The summed E-state index contributed by atoms with van der Waals surface area (Å²) in [5.74, 6) is -1.08. The number of non-ortho nitro benzene ring substituents is 1. The Morgan fingerprint density at radius 2 is 1.44 bits per heavy atom. The van der Waals surface area contributed by atoms with Gasteiger partial charge < -0.3 is 14.8 Å². The molecular formula is C28H30N2O6. The van der Waals surface area contributed by atoms with Crippen LogP contribution < -0.4 is 5.32 Å². The highest BCUT2D eigenvalue weighted by molar-refractivity contribution is 5.95. The lowest BCUT2D eigenvalue weighted by Crippen LogP contribution is -2.51. The van der Waals surface area contributed by atoms with Crippen LogP contribution >= 0.6 is 0 Å². The van der Waals surface area contributed by atoms with Crippen molar-refractivity contribution < 1.29 is 24.0 Å². The van der Waals surface area contributed by atoms with Crippen molar-refractivity contribution in [3.63, 3.8) is 0 Å². The fourth-order valence-corrected chi connectivity index (χ4v) is 3.56. The molecule has 3 aromatic rings. The fraction of sp³-hybridized carbons (Fsp3) is 0.286. The molecule has 0 aliphatic carbocycles. The number of carbonyl (C=O) groups is 2. The Hall–Kier alpha value is -4.04. The highest BCUT2D eigenvalue weighted by Crippen LogP contribution is 2.18. The first-order valence-electron chi connectivity index (χ1n) is 11.6. The summed E-state index contributed by atoms with van der Waals surface area (Å²) in [6.07, 6.45) is -0.801. The van der Waals surface area contributed by atoms with Crippen LogP contribution in [0, 0.1) is 10.1 Å². The number of amides is 1. The van der Waals surface area contributed by atoms with Gasteiger partial charge in [0.15, 0.2) is 6.10 Å². The molecule has 3 aromatic carbocycles. The molecular weight excluding hydrogens is 460 g/mol. The summed E-state index contributed by atoms with van der Waals surface area (Å²) in [6.45, 7) is 5.44. The minimum absolute atomic E-state index is 0.120. The maximum absolute atomic E-state index is 13.3. The second kappa shape index (κ2) is 12.1. The minimum atomic E-state index is -1.10. The first kappa shape index (κ1) is 26.6. The number of nitrogens with zero attached hydrogens (tertiary/aromatic N) is 1. The smallest absolute Gasteiger partial charge is 0.337 e. The van der Waals surface area contributed by atoms with Crippen molar-refractivity contribution in [3.8, 4) is 0 Å². The number of hydrogen-bond acceptors (Lipinski definition) is 6. The summed E-state index contributed by atoms with van der Waals surface area (Å²) in [4.78, 5) is 36.8. The summed E-state index contributed by atoms with van der Waals surface area (Å²) in [7, 11) is 0. The van der Waals surface area contributed by atoms with E-state index < -0.39 is 34.5 Å². The van der Waals surface area contributed by atoms with Crippen LogP contribution in [-0.4, -0.2) is 34.5 Å². The number of nitro groups is 1. The van der Waals surface area contributed by atoms with Crippen LogP contribution in [0.25, 0.3) is 0 Å². The summed E-state index contributed by atoms with van der Waals surface area (Å²) in [5, 5.41) is 13.9. The van der Waals surface area contributed by atoms with Crippen molar-refractivity contribution in [1.29, 1.82) is 0 Å². The highest BCUT2D eigenvalue weighted by atomic mass is 16.6. The number of rotatable bonds is 10. The molecule has 1 amide bonds. The average Bonchev–Trinajstić information content (AvgIpc) is 2.84. The molecule has 0 bridgehead atoms. The van der Waals surface area contributed by atoms with E-state index in [9.17, 15) is 19.7 Å². The van der Waals surface area contributed by atoms with Crippen LogP contribution in [0.15, 0.2) is 84.9 Å². The molecule has 0 fully saturated rings. The number of nitro benzene ring substituents is 1. The van der Waals surface area contributed by atoms with Gasteiger partial charge in [-0.05, 0) is 50.5 Å². The third-order valence-electron chi connectivity index (χ3n) is 5.23. The lowest BCUT2D eigenvalue weighted by Gasteiger charge is -2.30. The van der Waals surface area contributed by atoms with E-state index in [1.807, 2.05) is 60.7 Å². The molecule has 3 rings (SSSR count). The van der Waals surface area contributed by atoms with Crippen molar-refractivity contribution in [1.82, 2.24) is 5.32 Å². The third kappa shape index (κ3) is 8.02. The molecule has 1 N–H and O–H groups in total. The van der Waals surface area contributed by atoms with Crippen LogP contribution in [0.3, 0.4) is 0 Å². The number of nitrogens with one attached hydrogen (secondary N) is 1. The zero-order valence-electron chi connectivity index (χ0n) is 20.5. The largest absolute Gasteiger partial charge is 0.458 e. The van der Waals surface area contributed by atoms with E-state index in [4.69, 9.17) is 9.47 Å². The topological polar surface area (TPSA) is 108 Å². The Kier molecular flexibility index (Phi) is 8.91. The number of benzene rings is 3. The van der Waals surface area contributed by atoms with Gasteiger partial charge in [-0.25, -0.2) is 4.79 Å². The molecule has 36 heavy (non-hydrogen) atoms. The van der Waals surface area contributed by atoms with Gasteiger partial charge >= 0.3 is 5.97 Å². The van der Waals surface area contributed by atoms with Crippen molar-refractivity contribution >= 4 is 17.6 Å². The number of hydrogen-bond donors (Lipinski definition) is 1. The first-order valence-corrected chi connectivity index (χ1v) is 11.6. The summed E-state index contributed by atoms with van der Waals surface area (Å²) in [6, 6.07) is 23.3. The Morgan fingerprint density at radius 1 is 0.889 bits per heavy atom. The molecule has 2 unspecified atom stereocenters.